The minimum absolute atomic E-state index is 0. The molecule has 0 aliphatic carbocycles. The Hall–Kier alpha value is -1.61. The van der Waals surface area contributed by atoms with E-state index in [2.05, 4.69) is 238 Å². The number of aromatic amines is 2. The van der Waals surface area contributed by atoms with Gasteiger partial charge in [0, 0.05) is 168 Å². The fraction of sp³-hybridized carbons (Fsp3) is 0.127. The molecule has 3 radical (unpaired) electrons. The quantitative estimate of drug-likeness (QED) is 0.0286. The molecule has 108 heavy (non-hydrogen) atoms. The van der Waals surface area contributed by atoms with Crippen LogP contribution in [-0.2, 0) is 94.8 Å². The third-order valence-electron chi connectivity index (χ3n) is 12.3. The predicted molar refractivity (Wildman–Crippen MR) is 501 cm³/mol. The van der Waals surface area contributed by atoms with E-state index < -0.39 is 39.1 Å². The van der Waals surface area contributed by atoms with Gasteiger partial charge in [-0.2, -0.15) is 25.5 Å². The van der Waals surface area contributed by atoms with Gasteiger partial charge in [-0.1, -0.05) is 238 Å². The van der Waals surface area contributed by atoms with Crippen LogP contribution >= 0.6 is 215 Å². The number of nitrogens with one attached hydrogen (secondary N) is 2. The molecule has 0 saturated heterocycles. The summed E-state index contributed by atoms with van der Waals surface area (Å²) in [4.78, 5) is 22.8. The third-order valence-corrected chi connectivity index (χ3v) is 19.3. The van der Waals surface area contributed by atoms with Gasteiger partial charge in [0.25, 0.3) is 39.1 Å². The van der Waals surface area contributed by atoms with E-state index in [0.29, 0.717) is 41.8 Å². The van der Waals surface area contributed by atoms with Crippen molar-refractivity contribution in [3.8, 4) is 0 Å². The second-order valence-corrected chi connectivity index (χ2v) is 51.2. The normalized spacial score (nSPS) is 10.4. The number of nitrogens with zero attached hydrogens (tertiary/aromatic N) is 8. The summed E-state index contributed by atoms with van der Waals surface area (Å²) >= 11 is 30.0. The van der Waals surface area contributed by atoms with Crippen molar-refractivity contribution in [2.75, 3.05) is 4.43 Å². The second-order valence-electron chi connectivity index (χ2n) is 19.6. The number of rotatable bonds is 7. The molecule has 0 amide bonds. The van der Waals surface area contributed by atoms with Crippen LogP contribution in [0.4, 0.5) is 0 Å². The van der Waals surface area contributed by atoms with Crippen molar-refractivity contribution in [3.63, 3.8) is 0 Å². The number of alkyl halides is 6. The minimum Gasteiger partial charge on any atom is -0.619 e. The summed E-state index contributed by atoms with van der Waals surface area (Å²) in [7, 11) is -9.27. The molecule has 0 aliphatic rings. The molecule has 0 fully saturated rings. The Kier molecular flexibility index (Phi) is 55.0. The largest absolute Gasteiger partial charge is 0.619 e. The molecule has 10 aromatic heterocycles. The van der Waals surface area contributed by atoms with Crippen LogP contribution in [0.5, 0.6) is 0 Å². The first-order valence-electron chi connectivity index (χ1n) is 30.3. The summed E-state index contributed by atoms with van der Waals surface area (Å²) in [5.74, 6) is 0. The molecule has 37 heteroatoms. The van der Waals surface area contributed by atoms with Crippen LogP contribution in [0.25, 0.3) is 54.5 Å². The summed E-state index contributed by atoms with van der Waals surface area (Å²) in [5, 5.41) is 16.2. The number of pyridine rings is 5. The molecule has 4 aromatic carbocycles. The molecule has 0 unspecified atom stereocenters. The van der Waals surface area contributed by atoms with Gasteiger partial charge < -0.3 is 67.3 Å². The number of hydrogen-bond donors (Lipinski definition) is 2. The van der Waals surface area contributed by atoms with Gasteiger partial charge in [-0.25, -0.2) is 55.6 Å². The van der Waals surface area contributed by atoms with Gasteiger partial charge in [0.05, 0.1) is 49.0 Å². The Morgan fingerprint density at radius 3 is 1.27 bits per heavy atom. The van der Waals surface area contributed by atoms with Gasteiger partial charge in [-0.05, 0) is 121 Å². The molecule has 0 saturated carbocycles. The van der Waals surface area contributed by atoms with Crippen molar-refractivity contribution in [2.45, 2.75) is 62.5 Å². The van der Waals surface area contributed by atoms with Crippen molar-refractivity contribution >= 4 is 308 Å². The molecule has 2 N–H and O–H groups in total. The Morgan fingerprint density at radius 1 is 0.519 bits per heavy atom. The maximum atomic E-state index is 12.5. The van der Waals surface area contributed by atoms with Gasteiger partial charge in [-0.15, -0.1) is 0 Å². The average molecular weight is 2610 g/mol. The first kappa shape index (κ1) is 106. The third kappa shape index (κ3) is 36.7. The van der Waals surface area contributed by atoms with E-state index in [1.807, 2.05) is 65.6 Å². The van der Waals surface area contributed by atoms with E-state index in [-0.39, 0.29) is 75.2 Å². The number of benzene rings is 4. The first-order chi connectivity index (χ1) is 49.8. The van der Waals surface area contributed by atoms with Crippen LogP contribution in [0.1, 0.15) is 41.5 Å². The van der Waals surface area contributed by atoms with Crippen LogP contribution in [0.2, 0.25) is 10.3 Å². The van der Waals surface area contributed by atoms with E-state index in [9.17, 15) is 38.9 Å². The molecule has 577 valence electrons. The Labute approximate surface area is 792 Å². The molecule has 19 nitrogen and oxygen atoms in total. The van der Waals surface area contributed by atoms with Crippen LogP contribution in [0.3, 0.4) is 0 Å². The van der Waals surface area contributed by atoms with Crippen molar-refractivity contribution in [1.29, 1.82) is 0 Å². The van der Waals surface area contributed by atoms with E-state index in [0.717, 1.165) is 29.1 Å². The number of hydrogen-bond acceptors (Lipinski definition) is 13. The average Bonchev–Trinajstić information content (AvgIpc) is 1.60. The zero-order chi connectivity index (χ0) is 78.4. The van der Waals surface area contributed by atoms with Crippen LogP contribution in [0.15, 0.2) is 282 Å². The number of halogens is 11. The number of fused-ring (bicyclic) bond motifs is 5. The predicted octanol–water partition coefficient (Wildman–Crippen LogP) is 22.8. The van der Waals surface area contributed by atoms with Crippen molar-refractivity contribution in [3.05, 3.63) is 294 Å². The Bertz CT molecular complexity index is 5280. The van der Waals surface area contributed by atoms with Gasteiger partial charge in [0.1, 0.15) is 9.74 Å². The molecular weight excluding hydrogens is 2540 g/mol. The summed E-state index contributed by atoms with van der Waals surface area (Å²) in [6.07, 6.45) is 20.9. The van der Waals surface area contributed by atoms with Crippen molar-refractivity contribution < 1.29 is 94.1 Å². The van der Waals surface area contributed by atoms with Gasteiger partial charge in [-0.3, -0.25) is 18.8 Å². The van der Waals surface area contributed by atoms with Crippen molar-refractivity contribution in [1.82, 2.24) is 41.8 Å². The molecule has 0 spiro atoms. The Balaban J connectivity index is 0.00000122. The molecule has 14 aromatic rings. The molecule has 0 bridgehead atoms. The number of H-pyrrole nitrogens is 2. The fourth-order valence-electron chi connectivity index (χ4n) is 8.18. The van der Waals surface area contributed by atoms with Crippen LogP contribution in [-0.4, -0.2) is 81.3 Å². The van der Waals surface area contributed by atoms with Gasteiger partial charge in [0.15, 0.2) is 12.4 Å². The maximum Gasteiger partial charge on any atom is 0.268 e. The van der Waals surface area contributed by atoms with Gasteiger partial charge in [0.2, 0.25) is 0 Å². The number of aromatic nitrogens is 10. The zero-order valence-corrected chi connectivity index (χ0v) is 84.8. The Morgan fingerprint density at radius 2 is 0.852 bits per heavy atom. The topological polar surface area (TPSA) is 261 Å². The fourth-order valence-corrected chi connectivity index (χ4v) is 13.5. The summed E-state index contributed by atoms with van der Waals surface area (Å²) < 4.78 is 107. The standard InChI is InChI=1S/C13H9ClN2O2S.C13H10N2O3S.C13H10N2O2S.C7H5ClN2.C7H6N2.C6H5ClO2S.C2H3I3.C2H4I2.C2H5I.2C2H4I.C2H5.3V/c14-13-11-7-9-16(12(11)6-8-15-13)19(17,18)10-4-2-1-3-5-10;16-14-8-7-13-11(10-14)6-9-15(13)19(17,18)12-4-2-1-3-5-12;16-18(17,12-4-2-1-3-5-12)15-9-7-11-10-14-8-6-13(11)15;8-7-5-1-3-9-6(5)2-4-10-7;1-4-9-7-2-3-8-5-6(1)7;7-10(8,9)6-4-2-1-3-5-6;1-2(3,4)5;1-2(3)4;3*1-2-3;1-2;;;/h1-9H;1-10H;1-10H;1-4,9H;1-5,9H;1-5H;1H3;2H,1H3;2H2,1H3;2*2H,1H3;1H2,2H3;;;/q;;;;;;;;;3*-1;;;. The minimum atomic E-state index is -3.63. The van der Waals surface area contributed by atoms with E-state index in [1.165, 1.54) is 77.7 Å². The summed E-state index contributed by atoms with van der Waals surface area (Å²) in [6.45, 7) is 15.4. The molecule has 0 atom stereocenters. The second kappa shape index (κ2) is 55.9. The van der Waals surface area contributed by atoms with Crippen molar-refractivity contribution in [2.24, 2.45) is 0 Å². The van der Waals surface area contributed by atoms with E-state index in [4.69, 9.17) is 33.9 Å². The van der Waals surface area contributed by atoms with E-state index in [1.54, 1.807) is 165 Å². The molecule has 10 heterocycles. The molecule has 0 aliphatic heterocycles. The first-order valence-corrected chi connectivity index (χ1v) is 47.4. The monoisotopic (exact) mass is 2610 g/mol. The van der Waals surface area contributed by atoms with E-state index >= 15 is 0 Å². The van der Waals surface area contributed by atoms with Crippen LogP contribution in [0, 0.1) is 21.0 Å². The SMILES string of the molecule is CC(I)(I)I.CC(I)I.CCI.C[CH-]I.C[CH-]I.Clc1nccc2[nH]ccc12.O=S(=O)(Cl)c1ccccc1.O=S(=O)(c1ccccc1)n1ccc2c(Cl)nccc21.O=S(=O)(c1ccccc1)n1ccc2c[n+]([O-])ccc21.O=S(=O)(c1ccccc1)n1ccc2cnccc21.[CH2-]C.[V].[V].[V].c1cc2[nH]ccc2cn1. The smallest absolute Gasteiger partial charge is 0.268 e. The van der Waals surface area contributed by atoms with Gasteiger partial charge >= 0.3 is 0 Å². The van der Waals surface area contributed by atoms with Crippen LogP contribution < -0.4 is 4.73 Å². The maximum absolute atomic E-state index is 12.5. The molecular formula is C71H70Cl3I8N10O9S4V3-3. The summed E-state index contributed by atoms with van der Waals surface area (Å²) in [6, 6.07) is 50.2. The zero-order valence-electron chi connectivity index (χ0n) is 57.9. The summed E-state index contributed by atoms with van der Waals surface area (Å²) in [5.41, 5.74) is 3.80. The molecule has 14 rings (SSSR count).